The maximum absolute atomic E-state index is 12.7. The summed E-state index contributed by atoms with van der Waals surface area (Å²) in [5.41, 5.74) is 1.94. The van der Waals surface area contributed by atoms with Crippen molar-refractivity contribution in [3.63, 3.8) is 0 Å². The van der Waals surface area contributed by atoms with Crippen molar-refractivity contribution in [1.82, 2.24) is 35.1 Å². The fourth-order valence-electron chi connectivity index (χ4n) is 3.81. The lowest BCUT2D eigenvalue weighted by atomic mass is 9.90. The van der Waals surface area contributed by atoms with E-state index in [2.05, 4.69) is 25.5 Å². The minimum atomic E-state index is -4.15. The van der Waals surface area contributed by atoms with Crippen LogP contribution in [0, 0.1) is 5.92 Å². The van der Waals surface area contributed by atoms with E-state index in [-0.39, 0.29) is 24.7 Å². The summed E-state index contributed by atoms with van der Waals surface area (Å²) in [7, 11) is 1.73. The van der Waals surface area contributed by atoms with Gasteiger partial charge in [-0.3, -0.25) is 9.78 Å². The van der Waals surface area contributed by atoms with E-state index < -0.39 is 12.6 Å². The molecule has 0 amide bonds. The van der Waals surface area contributed by atoms with Crippen molar-refractivity contribution in [1.29, 1.82) is 0 Å². The maximum Gasteiger partial charge on any atom is 0.390 e. The average Bonchev–Trinajstić information content (AvgIpc) is 3.17. The predicted octanol–water partition coefficient (Wildman–Crippen LogP) is 2.60. The summed E-state index contributed by atoms with van der Waals surface area (Å²) in [5, 5.41) is 12.2. The van der Waals surface area contributed by atoms with E-state index in [0.717, 1.165) is 5.39 Å². The number of Topliss-reactive ketones (excluding diaryl/α,β-unsaturated/α-hetero) is 1. The molecule has 4 heterocycles. The number of hydrogen-bond donors (Lipinski definition) is 0. The number of piperidine rings is 1. The van der Waals surface area contributed by atoms with Gasteiger partial charge in [-0.1, -0.05) is 0 Å². The van der Waals surface area contributed by atoms with Gasteiger partial charge in [0.2, 0.25) is 0 Å². The molecule has 0 bridgehead atoms. The van der Waals surface area contributed by atoms with Crippen LogP contribution in [0.1, 0.15) is 25.0 Å². The highest BCUT2D eigenvalue weighted by Crippen LogP contribution is 2.24. The number of rotatable bonds is 6. The number of carbonyl (C=O) groups excluding carboxylic acids is 1. The Balaban J connectivity index is 1.39. The lowest BCUT2D eigenvalue weighted by molar-refractivity contribution is -0.139. The van der Waals surface area contributed by atoms with Crippen molar-refractivity contribution in [3.05, 3.63) is 30.1 Å². The molecule has 4 rings (SSSR count). The monoisotopic (exact) mass is 433 g/mol. The SMILES string of the molecule is Cn1nnnc1-c1ccc2cnc(CC(=O)C3CCN(CCC(F)(F)F)CC3)cc2n1. The van der Waals surface area contributed by atoms with E-state index in [4.69, 9.17) is 0 Å². The van der Waals surface area contributed by atoms with Gasteiger partial charge < -0.3 is 4.90 Å². The van der Waals surface area contributed by atoms with Crippen molar-refractivity contribution in [2.45, 2.75) is 31.9 Å². The number of carbonyl (C=O) groups is 1. The van der Waals surface area contributed by atoms with Crippen LogP contribution in [-0.2, 0) is 18.3 Å². The molecule has 0 aromatic carbocycles. The lowest BCUT2D eigenvalue weighted by Gasteiger charge is -2.31. The molecule has 0 N–H and O–H groups in total. The fourth-order valence-corrected chi connectivity index (χ4v) is 3.81. The molecule has 31 heavy (non-hydrogen) atoms. The third kappa shape index (κ3) is 5.22. The fraction of sp³-hybridized carbons (Fsp3) is 0.500. The highest BCUT2D eigenvalue weighted by atomic mass is 19.4. The zero-order valence-electron chi connectivity index (χ0n) is 17.0. The Morgan fingerprint density at radius 2 is 2.00 bits per heavy atom. The van der Waals surface area contributed by atoms with Crippen LogP contribution in [0.5, 0.6) is 0 Å². The first kappa shape index (κ1) is 21.3. The smallest absolute Gasteiger partial charge is 0.303 e. The average molecular weight is 433 g/mol. The largest absolute Gasteiger partial charge is 0.390 e. The van der Waals surface area contributed by atoms with Crippen molar-refractivity contribution >= 4 is 16.7 Å². The Labute approximate surface area is 176 Å². The number of hydrogen-bond acceptors (Lipinski definition) is 7. The van der Waals surface area contributed by atoms with Gasteiger partial charge in [0, 0.05) is 43.2 Å². The Hall–Kier alpha value is -2.95. The van der Waals surface area contributed by atoms with E-state index in [9.17, 15) is 18.0 Å². The quantitative estimate of drug-likeness (QED) is 0.590. The number of pyridine rings is 2. The second-order valence-corrected chi connectivity index (χ2v) is 7.82. The van der Waals surface area contributed by atoms with Gasteiger partial charge in [-0.2, -0.15) is 13.2 Å². The van der Waals surface area contributed by atoms with Gasteiger partial charge in [0.1, 0.15) is 11.5 Å². The number of tetrazole rings is 1. The summed E-state index contributed by atoms with van der Waals surface area (Å²) in [6.45, 7) is 1.01. The van der Waals surface area contributed by atoms with Crippen LogP contribution in [0.4, 0.5) is 13.2 Å². The van der Waals surface area contributed by atoms with E-state index in [1.165, 1.54) is 4.68 Å². The summed E-state index contributed by atoms with van der Waals surface area (Å²) in [4.78, 5) is 23.5. The number of halogens is 3. The highest BCUT2D eigenvalue weighted by molar-refractivity contribution is 5.85. The van der Waals surface area contributed by atoms with Crippen LogP contribution in [0.15, 0.2) is 24.4 Å². The second-order valence-electron chi connectivity index (χ2n) is 7.82. The van der Waals surface area contributed by atoms with Crippen molar-refractivity contribution in [3.8, 4) is 11.5 Å². The molecule has 0 spiro atoms. The Morgan fingerprint density at radius 3 is 2.68 bits per heavy atom. The van der Waals surface area contributed by atoms with Crippen molar-refractivity contribution in [2.75, 3.05) is 19.6 Å². The van der Waals surface area contributed by atoms with Gasteiger partial charge in [-0.05, 0) is 54.6 Å². The zero-order chi connectivity index (χ0) is 22.0. The first-order valence-corrected chi connectivity index (χ1v) is 10.1. The van der Waals surface area contributed by atoms with Crippen LogP contribution >= 0.6 is 0 Å². The standard InChI is InChI=1S/C20H22F3N7O/c1-29-19(26-27-28-29)16-3-2-14-12-24-15(10-17(14)25-16)11-18(31)13-4-7-30(8-5-13)9-6-20(21,22)23/h2-3,10,12-13H,4-9,11H2,1H3. The highest BCUT2D eigenvalue weighted by Gasteiger charge is 2.30. The Bertz CT molecular complexity index is 1070. The Morgan fingerprint density at radius 1 is 1.23 bits per heavy atom. The van der Waals surface area contributed by atoms with Crippen LogP contribution in [0.3, 0.4) is 0 Å². The normalized spacial score (nSPS) is 16.1. The van der Waals surface area contributed by atoms with Crippen LogP contribution in [0.2, 0.25) is 0 Å². The molecule has 3 aromatic heterocycles. The summed E-state index contributed by atoms with van der Waals surface area (Å²) < 4.78 is 38.7. The molecular formula is C20H22F3N7O. The molecule has 0 radical (unpaired) electrons. The molecule has 11 heteroatoms. The Kier molecular flexibility index (Phi) is 5.94. The molecule has 164 valence electrons. The zero-order valence-corrected chi connectivity index (χ0v) is 17.0. The molecule has 1 aliphatic rings. The van der Waals surface area contributed by atoms with E-state index in [1.54, 1.807) is 24.2 Å². The number of aromatic nitrogens is 6. The molecule has 1 fully saturated rings. The third-order valence-corrected chi connectivity index (χ3v) is 5.59. The van der Waals surface area contributed by atoms with Crippen molar-refractivity contribution in [2.24, 2.45) is 13.0 Å². The molecule has 0 aliphatic carbocycles. The molecule has 8 nitrogen and oxygen atoms in total. The van der Waals surface area contributed by atoms with Crippen LogP contribution < -0.4 is 0 Å². The molecule has 1 aliphatic heterocycles. The van der Waals surface area contributed by atoms with Crippen LogP contribution in [0.25, 0.3) is 22.4 Å². The van der Waals surface area contributed by atoms with Gasteiger partial charge in [0.25, 0.3) is 0 Å². The van der Waals surface area contributed by atoms with Crippen LogP contribution in [-0.4, -0.2) is 66.7 Å². The maximum atomic E-state index is 12.7. The lowest BCUT2D eigenvalue weighted by Crippen LogP contribution is -2.38. The molecule has 1 saturated heterocycles. The van der Waals surface area contributed by atoms with Crippen molar-refractivity contribution < 1.29 is 18.0 Å². The minimum absolute atomic E-state index is 0.00825. The number of fused-ring (bicyclic) bond motifs is 1. The van der Waals surface area contributed by atoms with Gasteiger partial charge in [0.05, 0.1) is 11.9 Å². The van der Waals surface area contributed by atoms with Gasteiger partial charge in [-0.15, -0.1) is 5.10 Å². The second kappa shape index (κ2) is 8.66. The summed E-state index contributed by atoms with van der Waals surface area (Å²) >= 11 is 0. The number of aryl methyl sites for hydroxylation is 1. The first-order valence-electron chi connectivity index (χ1n) is 10.1. The molecular weight excluding hydrogens is 411 g/mol. The van der Waals surface area contributed by atoms with E-state index >= 15 is 0 Å². The van der Waals surface area contributed by atoms with E-state index in [0.29, 0.717) is 48.7 Å². The van der Waals surface area contributed by atoms with Gasteiger partial charge in [0.15, 0.2) is 5.82 Å². The van der Waals surface area contributed by atoms with Gasteiger partial charge >= 0.3 is 6.18 Å². The van der Waals surface area contributed by atoms with Gasteiger partial charge in [-0.25, -0.2) is 9.67 Å². The molecule has 0 unspecified atom stereocenters. The number of likely N-dealkylation sites (tertiary alicyclic amines) is 1. The number of alkyl halides is 3. The molecule has 0 saturated carbocycles. The molecule has 0 atom stereocenters. The van der Waals surface area contributed by atoms with E-state index in [1.807, 2.05) is 12.1 Å². The number of nitrogens with zero attached hydrogens (tertiary/aromatic N) is 7. The summed E-state index contributed by atoms with van der Waals surface area (Å²) in [5.74, 6) is 0.452. The summed E-state index contributed by atoms with van der Waals surface area (Å²) in [6, 6.07) is 5.48. The first-order chi connectivity index (χ1) is 14.8. The predicted molar refractivity (Wildman–Crippen MR) is 106 cm³/mol. The third-order valence-electron chi connectivity index (χ3n) is 5.59. The topological polar surface area (TPSA) is 89.7 Å². The summed E-state index contributed by atoms with van der Waals surface area (Å²) in [6.07, 6.45) is -1.95. The minimum Gasteiger partial charge on any atom is -0.303 e. The molecule has 3 aromatic rings. The number of ketones is 1.